The minimum atomic E-state index is -0.807. The van der Waals surface area contributed by atoms with Gasteiger partial charge in [-0.15, -0.1) is 0 Å². The van der Waals surface area contributed by atoms with E-state index >= 15 is 0 Å². The largest absolute Gasteiger partial charge is 0.462 e. The summed E-state index contributed by atoms with van der Waals surface area (Å²) >= 11 is 0. The molecule has 0 aliphatic rings. The van der Waals surface area contributed by atoms with Crippen LogP contribution in [0.25, 0.3) is 0 Å². The van der Waals surface area contributed by atoms with Crippen molar-refractivity contribution >= 4 is 17.9 Å². The lowest BCUT2D eigenvalue weighted by Gasteiger charge is -2.18. The van der Waals surface area contributed by atoms with Gasteiger partial charge < -0.3 is 14.2 Å². The Labute approximate surface area is 496 Å². The van der Waals surface area contributed by atoms with E-state index in [-0.39, 0.29) is 37.5 Å². The molecule has 6 nitrogen and oxygen atoms in total. The first-order valence-corrected chi connectivity index (χ1v) is 34.6. The van der Waals surface area contributed by atoms with Gasteiger partial charge in [0.15, 0.2) is 6.10 Å². The molecule has 0 aromatic carbocycles. The van der Waals surface area contributed by atoms with Gasteiger partial charge in [0.2, 0.25) is 0 Å². The first kappa shape index (κ1) is 76.6. The van der Waals surface area contributed by atoms with Crippen LogP contribution in [-0.4, -0.2) is 37.2 Å². The second kappa shape index (κ2) is 68.1. The maximum Gasteiger partial charge on any atom is 0.306 e. The Kier molecular flexibility index (Phi) is 65.2. The number of hydrogen-bond donors (Lipinski definition) is 0. The molecular formula is C74H130O6. The van der Waals surface area contributed by atoms with Crippen molar-refractivity contribution in [1.82, 2.24) is 0 Å². The van der Waals surface area contributed by atoms with E-state index in [1.807, 2.05) is 6.08 Å². The molecule has 0 saturated carbocycles. The molecule has 0 amide bonds. The summed E-state index contributed by atoms with van der Waals surface area (Å²) in [4.78, 5) is 38.3. The van der Waals surface area contributed by atoms with Gasteiger partial charge in [0.25, 0.3) is 0 Å². The van der Waals surface area contributed by atoms with Crippen molar-refractivity contribution in [3.8, 4) is 0 Å². The van der Waals surface area contributed by atoms with Crippen LogP contribution in [0.15, 0.2) is 85.1 Å². The molecule has 0 aromatic rings. The molecule has 0 fully saturated rings. The van der Waals surface area contributed by atoms with E-state index in [1.165, 1.54) is 225 Å². The second-order valence-corrected chi connectivity index (χ2v) is 23.1. The quantitative estimate of drug-likeness (QED) is 0.0261. The Balaban J connectivity index is 4.31. The molecular weight excluding hydrogens is 985 g/mol. The van der Waals surface area contributed by atoms with Gasteiger partial charge in [0.1, 0.15) is 13.2 Å². The molecule has 80 heavy (non-hydrogen) atoms. The second-order valence-electron chi connectivity index (χ2n) is 23.1. The number of esters is 3. The number of allylic oxidation sites excluding steroid dienone is 14. The zero-order valence-electron chi connectivity index (χ0n) is 53.1. The Hall–Kier alpha value is -3.41. The zero-order valence-corrected chi connectivity index (χ0v) is 53.1. The van der Waals surface area contributed by atoms with Crippen molar-refractivity contribution < 1.29 is 28.6 Å². The van der Waals surface area contributed by atoms with Crippen molar-refractivity contribution in [3.63, 3.8) is 0 Å². The first-order chi connectivity index (χ1) is 39.5. The van der Waals surface area contributed by atoms with Gasteiger partial charge in [-0.3, -0.25) is 14.4 Å². The summed E-state index contributed by atoms with van der Waals surface area (Å²) in [5.74, 6) is -0.969. The van der Waals surface area contributed by atoms with Crippen molar-refractivity contribution in [2.45, 2.75) is 354 Å². The van der Waals surface area contributed by atoms with Gasteiger partial charge in [0, 0.05) is 19.3 Å². The standard InChI is InChI=1S/C74H130O6/c1-4-7-10-13-16-19-22-25-27-29-31-33-35-37-39-40-42-44-46-49-52-55-58-61-64-67-73(76)79-70-71(69-78-72(75)66-63-60-57-54-51-48-24-21-18-15-12-9-6-3)80-74(77)68-65-62-59-56-53-50-47-45-43-41-38-36-34-32-30-28-26-23-20-17-14-11-8-5-2/h9,12,18,21-22,25,29,31,35,37,48,51,57,60,71H,4-8,10-11,13-17,19-20,23-24,26-28,30,32-34,36,38-47,49-50,52-56,58-59,61-70H2,1-3H3/b12-9-,21-18-,25-22-,31-29-,37-35-,51-48-,60-57-. The average molecular weight is 1120 g/mol. The normalized spacial score (nSPS) is 12.6. The fourth-order valence-electron chi connectivity index (χ4n) is 10.00. The highest BCUT2D eigenvalue weighted by Crippen LogP contribution is 2.18. The number of hydrogen-bond acceptors (Lipinski definition) is 6. The van der Waals surface area contributed by atoms with E-state index in [9.17, 15) is 14.4 Å². The lowest BCUT2D eigenvalue weighted by Crippen LogP contribution is -2.30. The smallest absolute Gasteiger partial charge is 0.306 e. The Morgan fingerprint density at radius 3 is 0.838 bits per heavy atom. The van der Waals surface area contributed by atoms with Crippen LogP contribution in [0.3, 0.4) is 0 Å². The van der Waals surface area contributed by atoms with E-state index in [1.54, 1.807) is 0 Å². The Morgan fingerprint density at radius 1 is 0.263 bits per heavy atom. The average Bonchev–Trinajstić information content (AvgIpc) is 3.46. The molecule has 0 saturated heterocycles. The highest BCUT2D eigenvalue weighted by Gasteiger charge is 2.19. The summed E-state index contributed by atoms with van der Waals surface area (Å²) in [6.45, 7) is 6.49. The molecule has 0 heterocycles. The maximum absolute atomic E-state index is 12.9. The van der Waals surface area contributed by atoms with Crippen LogP contribution in [0.2, 0.25) is 0 Å². The molecule has 0 aliphatic carbocycles. The van der Waals surface area contributed by atoms with Crippen LogP contribution in [-0.2, 0) is 28.6 Å². The SMILES string of the molecule is CC/C=C\C/C=C\C/C=C\C/C=C\CCC(=O)OCC(COC(=O)CCCCCCCCCCCC/C=C\C/C=C\C/C=C\CCCCCCC)OC(=O)CCCCCCCCCCCCCCCCCCCCCCCCCC. The maximum atomic E-state index is 12.9. The van der Waals surface area contributed by atoms with Crippen molar-refractivity contribution in [2.24, 2.45) is 0 Å². The first-order valence-electron chi connectivity index (χ1n) is 34.6. The summed E-state index contributed by atoms with van der Waals surface area (Å²) in [6.07, 6.45) is 90.6. The molecule has 0 spiro atoms. The molecule has 1 unspecified atom stereocenters. The third-order valence-corrected chi connectivity index (χ3v) is 15.1. The minimum absolute atomic E-state index is 0.0980. The zero-order chi connectivity index (χ0) is 57.8. The summed E-state index contributed by atoms with van der Waals surface area (Å²) < 4.78 is 16.9. The van der Waals surface area contributed by atoms with Gasteiger partial charge in [-0.2, -0.15) is 0 Å². The van der Waals surface area contributed by atoms with Crippen LogP contribution in [0, 0.1) is 0 Å². The number of rotatable bonds is 63. The highest BCUT2D eigenvalue weighted by atomic mass is 16.6. The van der Waals surface area contributed by atoms with Crippen LogP contribution < -0.4 is 0 Å². The summed E-state index contributed by atoms with van der Waals surface area (Å²) in [5.41, 5.74) is 0. The predicted molar refractivity (Wildman–Crippen MR) is 348 cm³/mol. The molecule has 0 bridgehead atoms. The fourth-order valence-corrected chi connectivity index (χ4v) is 10.00. The number of unbranched alkanes of at least 4 members (excludes halogenated alkanes) is 38. The van der Waals surface area contributed by atoms with E-state index in [0.29, 0.717) is 19.3 Å². The van der Waals surface area contributed by atoms with Crippen LogP contribution in [0.4, 0.5) is 0 Å². The monoisotopic (exact) mass is 1110 g/mol. The van der Waals surface area contributed by atoms with Gasteiger partial charge >= 0.3 is 17.9 Å². The summed E-state index contributed by atoms with van der Waals surface area (Å²) in [6, 6.07) is 0. The molecule has 0 radical (unpaired) electrons. The molecule has 0 aromatic heterocycles. The van der Waals surface area contributed by atoms with Gasteiger partial charge in [-0.05, 0) is 83.5 Å². The van der Waals surface area contributed by atoms with Crippen LogP contribution in [0.1, 0.15) is 348 Å². The minimum Gasteiger partial charge on any atom is -0.462 e. The van der Waals surface area contributed by atoms with E-state index in [0.717, 1.165) is 77.0 Å². The Bertz CT molecular complexity index is 1520. The van der Waals surface area contributed by atoms with Gasteiger partial charge in [-0.25, -0.2) is 0 Å². The van der Waals surface area contributed by atoms with Gasteiger partial charge in [0.05, 0.1) is 0 Å². The fraction of sp³-hybridized carbons (Fsp3) is 0.770. The van der Waals surface area contributed by atoms with E-state index in [2.05, 4.69) is 99.8 Å². The number of ether oxygens (including phenoxy) is 3. The number of carbonyl (C=O) groups excluding carboxylic acids is 3. The molecule has 6 heteroatoms. The van der Waals surface area contributed by atoms with Crippen molar-refractivity contribution in [1.29, 1.82) is 0 Å². The lowest BCUT2D eigenvalue weighted by molar-refractivity contribution is -0.166. The molecule has 462 valence electrons. The van der Waals surface area contributed by atoms with E-state index in [4.69, 9.17) is 14.2 Å². The molecule has 0 N–H and O–H groups in total. The third kappa shape index (κ3) is 65.4. The van der Waals surface area contributed by atoms with Crippen LogP contribution in [0.5, 0.6) is 0 Å². The van der Waals surface area contributed by atoms with Crippen molar-refractivity contribution in [3.05, 3.63) is 85.1 Å². The summed E-state index contributed by atoms with van der Waals surface area (Å²) in [5, 5.41) is 0. The number of carbonyl (C=O) groups is 3. The highest BCUT2D eigenvalue weighted by molar-refractivity contribution is 5.71. The topological polar surface area (TPSA) is 78.9 Å². The predicted octanol–water partition coefficient (Wildman–Crippen LogP) is 23.8. The third-order valence-electron chi connectivity index (χ3n) is 15.1. The summed E-state index contributed by atoms with van der Waals surface area (Å²) in [7, 11) is 0. The Morgan fingerprint density at radius 2 is 0.512 bits per heavy atom. The van der Waals surface area contributed by atoms with E-state index < -0.39 is 6.10 Å². The van der Waals surface area contributed by atoms with Gasteiger partial charge in [-0.1, -0.05) is 331 Å². The molecule has 1 atom stereocenters. The lowest BCUT2D eigenvalue weighted by atomic mass is 10.0. The molecule has 0 rings (SSSR count). The van der Waals surface area contributed by atoms with Crippen LogP contribution >= 0.6 is 0 Å². The van der Waals surface area contributed by atoms with Crippen molar-refractivity contribution in [2.75, 3.05) is 13.2 Å². The molecule has 0 aliphatic heterocycles.